The van der Waals surface area contributed by atoms with E-state index < -0.39 is 0 Å². The van der Waals surface area contributed by atoms with Crippen LogP contribution in [0.3, 0.4) is 0 Å². The van der Waals surface area contributed by atoms with Crippen molar-refractivity contribution < 1.29 is 14.7 Å². The summed E-state index contributed by atoms with van der Waals surface area (Å²) in [5.41, 5.74) is -0.306. The van der Waals surface area contributed by atoms with Crippen molar-refractivity contribution in [2.24, 2.45) is 11.3 Å². The standard InChI is InChI=1S/C12H22OS.C8H16OS.C4H8O/c1-7-8-9-12(4,10-13)11(2,3)14(5)6;1-7(6-9)8(2,3)10(4)5;1-3-4(2)5/h7-8,10H,5,9H2,1-4,6H3;6-7H,4H2,1-3,5H3;3-5H,1H2,2H3. The first kappa shape index (κ1) is 32.9. The van der Waals surface area contributed by atoms with Crippen LogP contribution < -0.4 is 0 Å². The molecule has 0 rings (SSSR count). The van der Waals surface area contributed by atoms with Gasteiger partial charge in [0.15, 0.2) is 0 Å². The van der Waals surface area contributed by atoms with Crippen LogP contribution in [0.1, 0.15) is 61.8 Å². The molecule has 29 heavy (non-hydrogen) atoms. The van der Waals surface area contributed by atoms with Gasteiger partial charge in [-0.25, -0.2) is 0 Å². The number of carbonyl (C=O) groups is 2. The number of hydrogen-bond acceptors (Lipinski definition) is 3. The molecule has 5 heteroatoms. The number of aldehydes is 2. The molecule has 0 amide bonds. The number of allylic oxidation sites excluding steroid dienone is 2. The van der Waals surface area contributed by atoms with Crippen LogP contribution >= 0.6 is 21.0 Å². The first-order valence-electron chi connectivity index (χ1n) is 9.76. The topological polar surface area (TPSA) is 54.4 Å². The zero-order valence-electron chi connectivity index (χ0n) is 20.5. The van der Waals surface area contributed by atoms with E-state index in [9.17, 15) is 9.59 Å². The van der Waals surface area contributed by atoms with E-state index in [0.29, 0.717) is 0 Å². The van der Waals surface area contributed by atoms with Crippen LogP contribution in [0, 0.1) is 11.3 Å². The van der Waals surface area contributed by atoms with Crippen molar-refractivity contribution >= 4 is 45.3 Å². The summed E-state index contributed by atoms with van der Waals surface area (Å²) in [4.78, 5) is 21.7. The Morgan fingerprint density at radius 2 is 1.41 bits per heavy atom. The molecule has 5 unspecified atom stereocenters. The molecule has 0 spiro atoms. The average molecular weight is 447 g/mol. The second-order valence-electron chi connectivity index (χ2n) is 8.60. The second-order valence-corrected chi connectivity index (χ2v) is 13.2. The first-order valence-corrected chi connectivity index (χ1v) is 13.4. The van der Waals surface area contributed by atoms with Gasteiger partial charge in [-0.2, -0.15) is 21.0 Å². The molecule has 0 bridgehead atoms. The maximum absolute atomic E-state index is 11.2. The van der Waals surface area contributed by atoms with Gasteiger partial charge in [0.05, 0.1) is 6.10 Å². The average Bonchev–Trinajstić information content (AvgIpc) is 2.65. The smallest absolute Gasteiger partial charge is 0.127 e. The summed E-state index contributed by atoms with van der Waals surface area (Å²) in [5, 5.41) is 8.24. The van der Waals surface area contributed by atoms with Gasteiger partial charge in [0.1, 0.15) is 12.6 Å². The largest absolute Gasteiger partial charge is 0.389 e. The molecule has 0 heterocycles. The Balaban J connectivity index is -0.000000392. The van der Waals surface area contributed by atoms with E-state index in [1.54, 1.807) is 6.92 Å². The van der Waals surface area contributed by atoms with Crippen LogP contribution in [0.5, 0.6) is 0 Å². The second kappa shape index (κ2) is 15.1. The third-order valence-electron chi connectivity index (χ3n) is 5.82. The Morgan fingerprint density at radius 1 is 1.00 bits per heavy atom. The van der Waals surface area contributed by atoms with Gasteiger partial charge in [-0.15, -0.1) is 6.58 Å². The van der Waals surface area contributed by atoms with Crippen LogP contribution in [0.4, 0.5) is 0 Å². The fourth-order valence-electron chi connectivity index (χ4n) is 1.68. The summed E-state index contributed by atoms with van der Waals surface area (Å²) in [5.74, 6) is 8.13. The molecular formula is C24H46O3S2. The van der Waals surface area contributed by atoms with E-state index in [2.05, 4.69) is 64.6 Å². The molecule has 172 valence electrons. The molecule has 0 aromatic heterocycles. The first-order chi connectivity index (χ1) is 13.0. The molecule has 0 saturated carbocycles. The zero-order valence-corrected chi connectivity index (χ0v) is 22.1. The molecule has 0 aliphatic rings. The third-order valence-corrected chi connectivity index (χ3v) is 10.2. The minimum Gasteiger partial charge on any atom is -0.389 e. The van der Waals surface area contributed by atoms with Gasteiger partial charge in [0, 0.05) is 20.8 Å². The molecule has 5 atom stereocenters. The molecule has 3 nitrogen and oxygen atoms in total. The highest BCUT2D eigenvalue weighted by molar-refractivity contribution is 8.15. The van der Waals surface area contributed by atoms with E-state index in [1.165, 1.54) is 6.08 Å². The maximum atomic E-state index is 11.2. The predicted molar refractivity (Wildman–Crippen MR) is 140 cm³/mol. The lowest BCUT2D eigenvalue weighted by Crippen LogP contribution is -2.40. The molecule has 0 radical (unpaired) electrons. The predicted octanol–water partition coefficient (Wildman–Crippen LogP) is 5.75. The van der Waals surface area contributed by atoms with Gasteiger partial charge in [-0.1, -0.05) is 71.5 Å². The van der Waals surface area contributed by atoms with E-state index >= 15 is 0 Å². The zero-order chi connectivity index (χ0) is 24.1. The number of aliphatic hydroxyl groups excluding tert-OH is 1. The lowest BCUT2D eigenvalue weighted by Gasteiger charge is -2.41. The van der Waals surface area contributed by atoms with Gasteiger partial charge in [-0.05, 0) is 32.8 Å². The van der Waals surface area contributed by atoms with Crippen LogP contribution in [-0.2, 0) is 9.59 Å². The Hall–Kier alpha value is -0.780. The van der Waals surface area contributed by atoms with Crippen molar-refractivity contribution in [1.29, 1.82) is 0 Å². The minimum atomic E-state index is -0.352. The summed E-state index contributed by atoms with van der Waals surface area (Å²) < 4.78 is 0.00993. The monoisotopic (exact) mass is 446 g/mol. The minimum absolute atomic E-state index is 0.0138. The maximum Gasteiger partial charge on any atom is 0.127 e. The molecule has 0 aliphatic heterocycles. The molecule has 0 aromatic rings. The Bertz CT molecular complexity index is 575. The molecular weight excluding hydrogens is 400 g/mol. The molecule has 0 aromatic carbocycles. The fourth-order valence-corrected chi connectivity index (χ4v) is 3.30. The van der Waals surface area contributed by atoms with Crippen molar-refractivity contribution in [3.8, 4) is 0 Å². The van der Waals surface area contributed by atoms with E-state index in [4.69, 9.17) is 5.11 Å². The highest BCUT2D eigenvalue weighted by Gasteiger charge is 2.40. The Kier molecular flexibility index (Phi) is 17.1. The van der Waals surface area contributed by atoms with Crippen LogP contribution in [0.25, 0.3) is 0 Å². The van der Waals surface area contributed by atoms with E-state index in [-0.39, 0.29) is 47.9 Å². The molecule has 0 fully saturated rings. The summed E-state index contributed by atoms with van der Waals surface area (Å²) in [6, 6.07) is 0. The van der Waals surface area contributed by atoms with Crippen molar-refractivity contribution in [3.63, 3.8) is 0 Å². The lowest BCUT2D eigenvalue weighted by atomic mass is 9.77. The lowest BCUT2D eigenvalue weighted by molar-refractivity contribution is -0.116. The normalized spacial score (nSPS) is 17.9. The number of carbonyl (C=O) groups excluding carboxylic acids is 2. The highest BCUT2D eigenvalue weighted by Crippen LogP contribution is 2.44. The van der Waals surface area contributed by atoms with Crippen molar-refractivity contribution in [3.05, 3.63) is 24.8 Å². The van der Waals surface area contributed by atoms with Gasteiger partial charge in [0.2, 0.25) is 0 Å². The summed E-state index contributed by atoms with van der Waals surface area (Å²) in [6.07, 6.45) is 12.2. The van der Waals surface area contributed by atoms with Gasteiger partial charge >= 0.3 is 0 Å². The fraction of sp³-hybridized carbons (Fsp3) is 0.667. The summed E-state index contributed by atoms with van der Waals surface area (Å²) >= 11 is 0. The molecule has 1 N–H and O–H groups in total. The molecule has 0 saturated heterocycles. The van der Waals surface area contributed by atoms with Crippen molar-refractivity contribution in [2.75, 3.05) is 12.5 Å². The SMILES string of the molecule is C=CC(C)O.C=S(C)C(C)(C)C(C)(C=O)CC=CC.C=S(C)C(C)(C)C(C)C=O. The van der Waals surface area contributed by atoms with Crippen LogP contribution in [-0.4, -0.2) is 57.5 Å². The molecule has 0 aliphatic carbocycles. The summed E-state index contributed by atoms with van der Waals surface area (Å²) in [7, 11) is 0.0490. The van der Waals surface area contributed by atoms with E-state index in [0.717, 1.165) is 19.0 Å². The Morgan fingerprint density at radius 3 is 1.59 bits per heavy atom. The Labute approximate surface area is 185 Å². The number of aliphatic hydroxyl groups is 1. The third kappa shape index (κ3) is 11.9. The van der Waals surface area contributed by atoms with Crippen LogP contribution in [0.15, 0.2) is 24.8 Å². The van der Waals surface area contributed by atoms with Gasteiger partial charge in [0.25, 0.3) is 0 Å². The van der Waals surface area contributed by atoms with Crippen molar-refractivity contribution in [1.82, 2.24) is 0 Å². The van der Waals surface area contributed by atoms with Gasteiger partial charge in [-0.3, -0.25) is 0 Å². The van der Waals surface area contributed by atoms with Gasteiger partial charge < -0.3 is 14.7 Å². The quantitative estimate of drug-likeness (QED) is 0.279. The van der Waals surface area contributed by atoms with E-state index in [1.807, 2.05) is 26.8 Å². The van der Waals surface area contributed by atoms with Crippen molar-refractivity contribution in [2.45, 2.75) is 77.4 Å². The highest BCUT2D eigenvalue weighted by atomic mass is 32.2. The van der Waals surface area contributed by atoms with Crippen LogP contribution in [0.2, 0.25) is 0 Å². The number of hydrogen-bond donors (Lipinski definition) is 1. The summed E-state index contributed by atoms with van der Waals surface area (Å²) in [6.45, 7) is 19.3. The number of rotatable bonds is 9.